The summed E-state index contributed by atoms with van der Waals surface area (Å²) in [7, 11) is -1.95. The van der Waals surface area contributed by atoms with Gasteiger partial charge in [-0.15, -0.1) is 11.3 Å². The summed E-state index contributed by atoms with van der Waals surface area (Å²) in [6.07, 6.45) is -4.52. The van der Waals surface area contributed by atoms with Crippen LogP contribution in [0.2, 0.25) is 0 Å². The van der Waals surface area contributed by atoms with E-state index in [9.17, 15) is 13.2 Å². The van der Waals surface area contributed by atoms with Gasteiger partial charge in [0, 0.05) is 5.38 Å². The van der Waals surface area contributed by atoms with E-state index < -0.39 is 18.3 Å². The van der Waals surface area contributed by atoms with Gasteiger partial charge in [-0.2, -0.15) is 13.2 Å². The molecule has 0 amide bonds. The van der Waals surface area contributed by atoms with Crippen molar-refractivity contribution in [1.29, 1.82) is 0 Å². The van der Waals surface area contributed by atoms with Crippen molar-refractivity contribution >= 4 is 24.0 Å². The molecule has 3 nitrogen and oxygen atoms in total. The molecule has 1 rings (SSSR count). The Hall–Kier alpha value is -0.595. The highest BCUT2D eigenvalue weighted by molar-refractivity contribution is 7.10. The minimum absolute atomic E-state index is 0.329. The van der Waals surface area contributed by atoms with Gasteiger partial charge >= 0.3 is 13.3 Å². The molecular formula is C4H3BF3NO2S. The maximum Gasteiger partial charge on any atom is 0.509 e. The fourth-order valence-corrected chi connectivity index (χ4v) is 1.23. The van der Waals surface area contributed by atoms with Gasteiger partial charge in [0.2, 0.25) is 0 Å². The molecule has 1 aromatic rings. The Balaban J connectivity index is 2.92. The summed E-state index contributed by atoms with van der Waals surface area (Å²) in [4.78, 5) is 2.97. The van der Waals surface area contributed by atoms with Crippen LogP contribution in [0.1, 0.15) is 5.01 Å². The third-order valence-corrected chi connectivity index (χ3v) is 1.93. The molecular weight excluding hydrogens is 194 g/mol. The van der Waals surface area contributed by atoms with E-state index in [1.165, 1.54) is 0 Å². The molecule has 1 aromatic heterocycles. The minimum atomic E-state index is -4.52. The molecule has 8 heteroatoms. The summed E-state index contributed by atoms with van der Waals surface area (Å²) in [6, 6.07) is 0. The van der Waals surface area contributed by atoms with E-state index in [4.69, 9.17) is 10.0 Å². The first-order valence-electron chi connectivity index (χ1n) is 2.80. The monoisotopic (exact) mass is 197 g/mol. The quantitative estimate of drug-likeness (QED) is 0.615. The van der Waals surface area contributed by atoms with Crippen LogP contribution in [0.15, 0.2) is 5.38 Å². The zero-order valence-corrected chi connectivity index (χ0v) is 6.35. The second-order valence-electron chi connectivity index (χ2n) is 1.95. The maximum atomic E-state index is 11.8. The number of thiazole rings is 1. The predicted octanol–water partition coefficient (Wildman–Crippen LogP) is -0.158. The molecule has 12 heavy (non-hydrogen) atoms. The van der Waals surface area contributed by atoms with Crippen LogP contribution in [-0.2, 0) is 6.18 Å². The first kappa shape index (κ1) is 9.49. The Morgan fingerprint density at radius 3 is 2.25 bits per heavy atom. The molecule has 0 atom stereocenters. The molecule has 2 N–H and O–H groups in total. The molecule has 0 radical (unpaired) electrons. The van der Waals surface area contributed by atoms with Crippen LogP contribution in [-0.4, -0.2) is 22.2 Å². The fraction of sp³-hybridized carbons (Fsp3) is 0.250. The van der Waals surface area contributed by atoms with E-state index in [1.807, 2.05) is 0 Å². The average Bonchev–Trinajstić information content (AvgIpc) is 2.30. The lowest BCUT2D eigenvalue weighted by Gasteiger charge is -1.99. The summed E-state index contributed by atoms with van der Waals surface area (Å²) >= 11 is 0.329. The number of rotatable bonds is 1. The van der Waals surface area contributed by atoms with Gasteiger partial charge in [0.15, 0.2) is 5.01 Å². The highest BCUT2D eigenvalue weighted by atomic mass is 32.1. The molecule has 0 saturated heterocycles. The second kappa shape index (κ2) is 3.04. The number of hydrogen-bond donors (Lipinski definition) is 2. The molecule has 1 heterocycles. The fourth-order valence-electron chi connectivity index (χ4n) is 0.535. The molecule has 66 valence electrons. The van der Waals surface area contributed by atoms with E-state index in [1.54, 1.807) is 0 Å². The Kier molecular flexibility index (Phi) is 2.40. The highest BCUT2D eigenvalue weighted by Crippen LogP contribution is 2.29. The molecule has 0 bridgehead atoms. The molecule has 0 spiro atoms. The first-order valence-corrected chi connectivity index (χ1v) is 3.68. The summed E-state index contributed by atoms with van der Waals surface area (Å²) in [5, 5.41) is 16.7. The molecule has 0 aromatic carbocycles. The predicted molar refractivity (Wildman–Crippen MR) is 36.9 cm³/mol. The third-order valence-electron chi connectivity index (χ3n) is 1.03. The summed E-state index contributed by atoms with van der Waals surface area (Å²) < 4.78 is 35.5. The molecule has 0 aliphatic heterocycles. The molecule has 0 aliphatic carbocycles. The summed E-state index contributed by atoms with van der Waals surface area (Å²) in [5.41, 5.74) is -0.382. The smallest absolute Gasteiger partial charge is 0.422 e. The lowest BCUT2D eigenvalue weighted by Crippen LogP contribution is -2.31. The number of hydrogen-bond acceptors (Lipinski definition) is 4. The Labute approximate surface area is 69.6 Å². The zero-order valence-electron chi connectivity index (χ0n) is 5.54. The number of halogens is 3. The van der Waals surface area contributed by atoms with Gasteiger partial charge in [0.1, 0.15) is 0 Å². The SMILES string of the molecule is OB(O)c1csc(C(F)(F)F)n1. The lowest BCUT2D eigenvalue weighted by atomic mass is 9.88. The van der Waals surface area contributed by atoms with Crippen LogP contribution < -0.4 is 5.59 Å². The molecule has 0 saturated carbocycles. The van der Waals surface area contributed by atoms with Crippen LogP contribution >= 0.6 is 11.3 Å². The van der Waals surface area contributed by atoms with E-state index in [0.29, 0.717) is 11.3 Å². The van der Waals surface area contributed by atoms with Gasteiger partial charge in [0.25, 0.3) is 0 Å². The van der Waals surface area contributed by atoms with Gasteiger partial charge < -0.3 is 10.0 Å². The van der Waals surface area contributed by atoms with Crippen LogP contribution in [0.5, 0.6) is 0 Å². The number of aromatic nitrogens is 1. The first-order chi connectivity index (χ1) is 5.41. The van der Waals surface area contributed by atoms with Gasteiger partial charge in [-0.05, 0) is 0 Å². The van der Waals surface area contributed by atoms with Gasteiger partial charge in [-0.25, -0.2) is 4.98 Å². The lowest BCUT2D eigenvalue weighted by molar-refractivity contribution is -0.137. The van der Waals surface area contributed by atoms with E-state index in [2.05, 4.69) is 4.98 Å². The van der Waals surface area contributed by atoms with Crippen LogP contribution in [0.4, 0.5) is 13.2 Å². The van der Waals surface area contributed by atoms with Crippen molar-refractivity contribution in [1.82, 2.24) is 4.98 Å². The Bertz CT molecular complexity index is 274. The van der Waals surface area contributed by atoms with Crippen molar-refractivity contribution in [2.45, 2.75) is 6.18 Å². The van der Waals surface area contributed by atoms with Gasteiger partial charge in [-0.1, -0.05) is 0 Å². The number of alkyl halides is 3. The van der Waals surface area contributed by atoms with Crippen molar-refractivity contribution in [3.63, 3.8) is 0 Å². The molecule has 0 fully saturated rings. The maximum absolute atomic E-state index is 11.8. The van der Waals surface area contributed by atoms with E-state index >= 15 is 0 Å². The highest BCUT2D eigenvalue weighted by Gasteiger charge is 2.35. The minimum Gasteiger partial charge on any atom is -0.422 e. The second-order valence-corrected chi connectivity index (χ2v) is 2.81. The van der Waals surface area contributed by atoms with Crippen molar-refractivity contribution < 1.29 is 23.2 Å². The molecule has 0 unspecified atom stereocenters. The average molecular weight is 197 g/mol. The normalized spacial score (nSPS) is 11.8. The Morgan fingerprint density at radius 1 is 1.42 bits per heavy atom. The standard InChI is InChI=1S/C4H3BF3NO2S/c6-4(7,8)3-9-2(1-12-3)5(10)11/h1,10-11H. The van der Waals surface area contributed by atoms with Gasteiger partial charge in [-0.3, -0.25) is 0 Å². The van der Waals surface area contributed by atoms with E-state index in [0.717, 1.165) is 5.38 Å². The topological polar surface area (TPSA) is 53.4 Å². The molecule has 0 aliphatic rings. The van der Waals surface area contributed by atoms with Crippen molar-refractivity contribution in [3.05, 3.63) is 10.4 Å². The van der Waals surface area contributed by atoms with Crippen LogP contribution in [0, 0.1) is 0 Å². The van der Waals surface area contributed by atoms with Crippen molar-refractivity contribution in [3.8, 4) is 0 Å². The third kappa shape index (κ3) is 1.96. The number of nitrogens with zero attached hydrogens (tertiary/aromatic N) is 1. The largest absolute Gasteiger partial charge is 0.509 e. The summed E-state index contributed by atoms with van der Waals surface area (Å²) in [5.74, 6) is 0. The van der Waals surface area contributed by atoms with Gasteiger partial charge in [0.05, 0.1) is 5.59 Å². The Morgan fingerprint density at radius 2 is 2.00 bits per heavy atom. The van der Waals surface area contributed by atoms with Crippen molar-refractivity contribution in [2.24, 2.45) is 0 Å². The zero-order chi connectivity index (χ0) is 9.35. The summed E-state index contributed by atoms with van der Waals surface area (Å²) in [6.45, 7) is 0. The van der Waals surface area contributed by atoms with E-state index in [-0.39, 0.29) is 5.59 Å². The van der Waals surface area contributed by atoms with Crippen LogP contribution in [0.25, 0.3) is 0 Å². The van der Waals surface area contributed by atoms with Crippen molar-refractivity contribution in [2.75, 3.05) is 0 Å². The van der Waals surface area contributed by atoms with Crippen LogP contribution in [0.3, 0.4) is 0 Å².